The lowest BCUT2D eigenvalue weighted by Crippen LogP contribution is -2.13. The molecule has 1 aromatic carbocycles. The standard InChI is InChI=1S/C21H24N2O2S2/c1-14-9-10-16-17(13-14)27-20-18(16)19(24)22-21(23-20)26-12-6-5-11-25-15-7-3-2-4-8-15/h2-4,7-8,14H,5-6,9-13H2,1H3,(H,22,23,24). The topological polar surface area (TPSA) is 55.0 Å². The van der Waals surface area contributed by atoms with Gasteiger partial charge in [-0.1, -0.05) is 36.9 Å². The highest BCUT2D eigenvalue weighted by molar-refractivity contribution is 7.99. The van der Waals surface area contributed by atoms with Gasteiger partial charge in [0.15, 0.2) is 5.16 Å². The largest absolute Gasteiger partial charge is 0.494 e. The molecule has 1 atom stereocenters. The van der Waals surface area contributed by atoms with Gasteiger partial charge in [-0.15, -0.1) is 11.3 Å². The van der Waals surface area contributed by atoms with Gasteiger partial charge >= 0.3 is 0 Å². The molecule has 1 N–H and O–H groups in total. The average Bonchev–Trinajstić information content (AvgIpc) is 3.03. The Morgan fingerprint density at radius 3 is 3.00 bits per heavy atom. The zero-order valence-electron chi connectivity index (χ0n) is 15.5. The number of thiophene rings is 1. The SMILES string of the molecule is CC1CCc2c(sc3nc(SCCCCOc4ccccc4)[nH]c(=O)c23)C1. The van der Waals surface area contributed by atoms with Crippen LogP contribution in [0, 0.1) is 5.92 Å². The lowest BCUT2D eigenvalue weighted by Gasteiger charge is -2.17. The summed E-state index contributed by atoms with van der Waals surface area (Å²) in [6, 6.07) is 9.89. The summed E-state index contributed by atoms with van der Waals surface area (Å²) in [5, 5.41) is 1.57. The second kappa shape index (κ2) is 8.48. The molecule has 0 bridgehead atoms. The molecule has 1 unspecified atom stereocenters. The maximum atomic E-state index is 12.6. The number of fused-ring (bicyclic) bond motifs is 3. The monoisotopic (exact) mass is 400 g/mol. The van der Waals surface area contributed by atoms with Gasteiger partial charge in [-0.05, 0) is 55.7 Å². The van der Waals surface area contributed by atoms with Gasteiger partial charge in [0.2, 0.25) is 0 Å². The van der Waals surface area contributed by atoms with Crippen molar-refractivity contribution in [3.63, 3.8) is 0 Å². The Morgan fingerprint density at radius 1 is 1.30 bits per heavy atom. The molecule has 1 aliphatic carbocycles. The molecule has 2 heterocycles. The van der Waals surface area contributed by atoms with Crippen molar-refractivity contribution < 1.29 is 4.74 Å². The van der Waals surface area contributed by atoms with Crippen LogP contribution in [0.4, 0.5) is 0 Å². The molecule has 2 aromatic heterocycles. The molecule has 1 aliphatic rings. The zero-order valence-corrected chi connectivity index (χ0v) is 17.1. The molecule has 142 valence electrons. The van der Waals surface area contributed by atoms with E-state index in [2.05, 4.69) is 11.9 Å². The molecule has 0 amide bonds. The number of aryl methyl sites for hydroxylation is 1. The molecule has 4 nitrogen and oxygen atoms in total. The van der Waals surface area contributed by atoms with Gasteiger partial charge in [-0.25, -0.2) is 4.98 Å². The van der Waals surface area contributed by atoms with E-state index >= 15 is 0 Å². The molecule has 0 saturated heterocycles. The maximum Gasteiger partial charge on any atom is 0.260 e. The number of benzene rings is 1. The summed E-state index contributed by atoms with van der Waals surface area (Å²) in [4.78, 5) is 22.6. The number of hydrogen-bond donors (Lipinski definition) is 1. The van der Waals surface area contributed by atoms with E-state index in [0.29, 0.717) is 12.5 Å². The summed E-state index contributed by atoms with van der Waals surface area (Å²) in [5.41, 5.74) is 1.28. The quantitative estimate of drug-likeness (QED) is 0.342. The van der Waals surface area contributed by atoms with Crippen LogP contribution in [0.15, 0.2) is 40.3 Å². The van der Waals surface area contributed by atoms with Gasteiger partial charge in [-0.3, -0.25) is 4.79 Å². The molecule has 3 aromatic rings. The van der Waals surface area contributed by atoms with Crippen molar-refractivity contribution in [2.75, 3.05) is 12.4 Å². The second-order valence-electron chi connectivity index (χ2n) is 7.12. The van der Waals surface area contributed by atoms with Gasteiger partial charge in [0.1, 0.15) is 10.6 Å². The van der Waals surface area contributed by atoms with Crippen LogP contribution in [0.25, 0.3) is 10.2 Å². The summed E-state index contributed by atoms with van der Waals surface area (Å²) in [7, 11) is 0. The summed E-state index contributed by atoms with van der Waals surface area (Å²) in [6.07, 6.45) is 5.27. The minimum absolute atomic E-state index is 0.0296. The Bertz CT molecular complexity index is 965. The number of para-hydroxylation sites is 1. The number of rotatable bonds is 7. The number of thioether (sulfide) groups is 1. The van der Waals surface area contributed by atoms with Crippen molar-refractivity contribution in [3.8, 4) is 5.75 Å². The van der Waals surface area contributed by atoms with Gasteiger partial charge < -0.3 is 9.72 Å². The molecule has 0 fully saturated rings. The second-order valence-corrected chi connectivity index (χ2v) is 9.29. The van der Waals surface area contributed by atoms with Gasteiger partial charge in [0.05, 0.1) is 12.0 Å². The van der Waals surface area contributed by atoms with E-state index in [-0.39, 0.29) is 5.56 Å². The van der Waals surface area contributed by atoms with Crippen LogP contribution in [-0.2, 0) is 12.8 Å². The first kappa shape index (κ1) is 18.6. The minimum atomic E-state index is 0.0296. The maximum absolute atomic E-state index is 12.6. The van der Waals surface area contributed by atoms with Crippen molar-refractivity contribution in [2.45, 2.75) is 44.2 Å². The number of nitrogens with zero attached hydrogens (tertiary/aromatic N) is 1. The first-order chi connectivity index (χ1) is 13.2. The number of H-pyrrole nitrogens is 1. The lowest BCUT2D eigenvalue weighted by molar-refractivity contribution is 0.310. The molecule has 6 heteroatoms. The van der Waals surface area contributed by atoms with E-state index in [4.69, 9.17) is 9.72 Å². The number of hydrogen-bond acceptors (Lipinski definition) is 5. The normalized spacial score (nSPS) is 16.4. The summed E-state index contributed by atoms with van der Waals surface area (Å²) >= 11 is 3.34. The third-order valence-electron chi connectivity index (χ3n) is 4.93. The van der Waals surface area contributed by atoms with Crippen molar-refractivity contribution in [2.24, 2.45) is 5.92 Å². The van der Waals surface area contributed by atoms with E-state index in [0.717, 1.165) is 52.6 Å². The highest BCUT2D eigenvalue weighted by atomic mass is 32.2. The van der Waals surface area contributed by atoms with Crippen LogP contribution < -0.4 is 10.3 Å². The number of ether oxygens (including phenoxy) is 1. The first-order valence-electron chi connectivity index (χ1n) is 9.56. The van der Waals surface area contributed by atoms with E-state index in [1.165, 1.54) is 16.9 Å². The zero-order chi connectivity index (χ0) is 18.6. The molecule has 4 rings (SSSR count). The molecular weight excluding hydrogens is 376 g/mol. The van der Waals surface area contributed by atoms with Crippen molar-refractivity contribution in [1.29, 1.82) is 0 Å². The summed E-state index contributed by atoms with van der Waals surface area (Å²) < 4.78 is 5.71. The van der Waals surface area contributed by atoms with E-state index in [1.54, 1.807) is 23.1 Å². The van der Waals surface area contributed by atoms with E-state index < -0.39 is 0 Å². The van der Waals surface area contributed by atoms with Crippen molar-refractivity contribution in [3.05, 3.63) is 51.1 Å². The van der Waals surface area contributed by atoms with Crippen LogP contribution in [0.3, 0.4) is 0 Å². The number of unbranched alkanes of at least 4 members (excludes halogenated alkanes) is 1. The fraction of sp³-hybridized carbons (Fsp3) is 0.429. The molecule has 0 saturated carbocycles. The molecule has 0 aliphatic heterocycles. The third kappa shape index (κ3) is 4.38. The predicted molar refractivity (Wildman–Crippen MR) is 113 cm³/mol. The van der Waals surface area contributed by atoms with Gasteiger partial charge in [0, 0.05) is 10.6 Å². The van der Waals surface area contributed by atoms with E-state index in [1.807, 2.05) is 30.3 Å². The molecular formula is C21H24N2O2S2. The smallest absolute Gasteiger partial charge is 0.260 e. The van der Waals surface area contributed by atoms with E-state index in [9.17, 15) is 4.79 Å². The Hall–Kier alpha value is -1.79. The van der Waals surface area contributed by atoms with Gasteiger partial charge in [-0.2, -0.15) is 0 Å². The highest BCUT2D eigenvalue weighted by Gasteiger charge is 2.22. The molecule has 27 heavy (non-hydrogen) atoms. The number of nitrogens with one attached hydrogen (secondary N) is 1. The van der Waals surface area contributed by atoms with Crippen LogP contribution >= 0.6 is 23.1 Å². The van der Waals surface area contributed by atoms with Crippen molar-refractivity contribution >= 4 is 33.3 Å². The van der Waals surface area contributed by atoms with Crippen molar-refractivity contribution in [1.82, 2.24) is 9.97 Å². The fourth-order valence-corrected chi connectivity index (χ4v) is 5.78. The fourth-order valence-electron chi connectivity index (χ4n) is 3.48. The van der Waals surface area contributed by atoms with Crippen LogP contribution in [0.1, 0.15) is 36.6 Å². The Labute approximate surface area is 167 Å². The van der Waals surface area contributed by atoms with Gasteiger partial charge in [0.25, 0.3) is 5.56 Å². The Kier molecular flexibility index (Phi) is 5.83. The van der Waals surface area contributed by atoms with Crippen LogP contribution in [-0.4, -0.2) is 22.3 Å². The first-order valence-corrected chi connectivity index (χ1v) is 11.4. The minimum Gasteiger partial charge on any atom is -0.494 e. The third-order valence-corrected chi connectivity index (χ3v) is 7.04. The Balaban J connectivity index is 1.32. The molecule has 0 spiro atoms. The summed E-state index contributed by atoms with van der Waals surface area (Å²) in [6.45, 7) is 3.00. The Morgan fingerprint density at radius 2 is 2.15 bits per heavy atom. The number of aromatic amines is 1. The lowest BCUT2D eigenvalue weighted by atomic mass is 9.89. The van der Waals surface area contributed by atoms with Crippen LogP contribution in [0.5, 0.6) is 5.75 Å². The van der Waals surface area contributed by atoms with Crippen LogP contribution in [0.2, 0.25) is 0 Å². The highest BCUT2D eigenvalue weighted by Crippen LogP contribution is 2.36. The number of aromatic nitrogens is 2. The predicted octanol–water partition coefficient (Wildman–Crippen LogP) is 5.06. The molecule has 0 radical (unpaired) electrons. The average molecular weight is 401 g/mol. The summed E-state index contributed by atoms with van der Waals surface area (Å²) in [5.74, 6) is 2.54.